The van der Waals surface area contributed by atoms with E-state index >= 15 is 0 Å². The van der Waals surface area contributed by atoms with Gasteiger partial charge in [0.1, 0.15) is 41.0 Å². The lowest BCUT2D eigenvalue weighted by Crippen LogP contribution is -2.57. The molecule has 3 N–H and O–H groups in total. The Labute approximate surface area is 248 Å². The molecule has 0 aliphatic carbocycles. The number of hydrogen-bond acceptors (Lipinski definition) is 9. The third-order valence-corrected chi connectivity index (χ3v) is 8.88. The Morgan fingerprint density at radius 3 is 2.67 bits per heavy atom. The van der Waals surface area contributed by atoms with Crippen LogP contribution in [-0.2, 0) is 14.2 Å². The van der Waals surface area contributed by atoms with Crippen molar-refractivity contribution in [1.29, 1.82) is 0 Å². The van der Waals surface area contributed by atoms with Crippen LogP contribution >= 0.6 is 0 Å². The van der Waals surface area contributed by atoms with Gasteiger partial charge in [0.25, 0.3) is 0 Å². The number of aliphatic hydroxyl groups excluding tert-OH is 3. The number of ether oxygens (including phenoxy) is 5. The molecule has 4 aliphatic heterocycles. The molecule has 9 atom stereocenters. The number of hydrogen-bond donors (Lipinski definition) is 3. The number of rotatable bonds is 5. The highest BCUT2D eigenvalue weighted by atomic mass is 16.7. The quantitative estimate of drug-likeness (QED) is 0.435. The molecule has 0 radical (unpaired) electrons. The first-order valence-corrected chi connectivity index (χ1v) is 15.2. The molecule has 5 rings (SSSR count). The number of benzene rings is 1. The lowest BCUT2D eigenvalue weighted by Gasteiger charge is -2.54. The van der Waals surface area contributed by atoms with Crippen molar-refractivity contribution in [3.63, 3.8) is 0 Å². The first kappa shape index (κ1) is 31.1. The Kier molecular flexibility index (Phi) is 8.85. The first-order valence-electron chi connectivity index (χ1n) is 15.2. The average Bonchev–Trinajstić information content (AvgIpc) is 2.91. The van der Waals surface area contributed by atoms with Crippen molar-refractivity contribution in [2.75, 3.05) is 19.7 Å². The maximum atomic E-state index is 12.9. The van der Waals surface area contributed by atoms with E-state index in [1.165, 1.54) is 5.57 Å². The van der Waals surface area contributed by atoms with Gasteiger partial charge >= 0.3 is 6.09 Å². The van der Waals surface area contributed by atoms with Crippen LogP contribution in [0.4, 0.5) is 4.79 Å². The maximum absolute atomic E-state index is 12.9. The first-order chi connectivity index (χ1) is 19.7. The predicted molar refractivity (Wildman–Crippen MR) is 154 cm³/mol. The van der Waals surface area contributed by atoms with Crippen LogP contribution in [0.2, 0.25) is 0 Å². The second-order valence-electron chi connectivity index (χ2n) is 13.7. The van der Waals surface area contributed by atoms with Crippen LogP contribution in [0.1, 0.15) is 78.9 Å². The van der Waals surface area contributed by atoms with E-state index in [-0.39, 0.29) is 36.7 Å². The van der Waals surface area contributed by atoms with Crippen LogP contribution in [0.3, 0.4) is 0 Å². The molecule has 0 spiro atoms. The van der Waals surface area contributed by atoms with Crippen LogP contribution in [-0.4, -0.2) is 87.9 Å². The zero-order valence-corrected chi connectivity index (χ0v) is 25.6. The molecule has 10 heteroatoms. The Hall–Kier alpha value is -2.37. The van der Waals surface area contributed by atoms with Gasteiger partial charge in [-0.05, 0) is 79.4 Å². The van der Waals surface area contributed by atoms with Gasteiger partial charge in [0.15, 0.2) is 0 Å². The third kappa shape index (κ3) is 6.58. The van der Waals surface area contributed by atoms with Crippen LogP contribution in [0.5, 0.6) is 11.5 Å². The van der Waals surface area contributed by atoms with E-state index in [0.717, 1.165) is 31.2 Å². The van der Waals surface area contributed by atoms with Crippen LogP contribution in [0, 0.1) is 11.8 Å². The molecule has 1 aromatic rings. The fraction of sp³-hybridized carbons (Fsp3) is 0.719. The van der Waals surface area contributed by atoms with Crippen LogP contribution < -0.4 is 9.47 Å². The minimum absolute atomic E-state index is 0.0209. The molecule has 4 aliphatic rings. The molecule has 234 valence electrons. The zero-order valence-electron chi connectivity index (χ0n) is 25.6. The van der Waals surface area contributed by atoms with Crippen molar-refractivity contribution >= 4 is 6.09 Å². The maximum Gasteiger partial charge on any atom is 0.410 e. The number of carbonyl (C=O) groups excluding carboxylic acids is 1. The second-order valence-corrected chi connectivity index (χ2v) is 13.7. The van der Waals surface area contributed by atoms with Crippen molar-refractivity contribution in [1.82, 2.24) is 4.90 Å². The lowest BCUT2D eigenvalue weighted by atomic mass is 9.68. The second kappa shape index (κ2) is 12.0. The molecule has 0 aromatic heterocycles. The number of allylic oxidation sites excluding steroid dienone is 2. The van der Waals surface area contributed by atoms with Gasteiger partial charge in [0, 0.05) is 36.6 Å². The highest BCUT2D eigenvalue weighted by Crippen LogP contribution is 2.55. The van der Waals surface area contributed by atoms with E-state index in [2.05, 4.69) is 26.8 Å². The molecule has 0 unspecified atom stereocenters. The van der Waals surface area contributed by atoms with Gasteiger partial charge in [-0.15, -0.1) is 0 Å². The number of carbonyl (C=O) groups is 1. The zero-order chi connectivity index (χ0) is 30.4. The van der Waals surface area contributed by atoms with E-state index in [0.29, 0.717) is 24.6 Å². The van der Waals surface area contributed by atoms with Gasteiger partial charge in [-0.25, -0.2) is 4.79 Å². The summed E-state index contributed by atoms with van der Waals surface area (Å²) in [5.74, 6) is 1.33. The number of nitrogens with zero attached hydrogens (tertiary/aromatic N) is 1. The highest BCUT2D eigenvalue weighted by molar-refractivity contribution is 5.68. The molecule has 10 nitrogen and oxygen atoms in total. The molecule has 0 saturated carbocycles. The molecule has 42 heavy (non-hydrogen) atoms. The van der Waals surface area contributed by atoms with Crippen molar-refractivity contribution in [3.05, 3.63) is 35.4 Å². The highest BCUT2D eigenvalue weighted by Gasteiger charge is 2.53. The lowest BCUT2D eigenvalue weighted by molar-refractivity contribution is -0.242. The molecule has 1 amide bonds. The van der Waals surface area contributed by atoms with Gasteiger partial charge in [-0.2, -0.15) is 0 Å². The summed E-state index contributed by atoms with van der Waals surface area (Å²) in [5.41, 5.74) is 1.11. The fourth-order valence-corrected chi connectivity index (χ4v) is 6.64. The minimum atomic E-state index is -1.39. The molecule has 3 fully saturated rings. The minimum Gasteiger partial charge on any atom is -0.487 e. The fourth-order valence-electron chi connectivity index (χ4n) is 6.64. The summed E-state index contributed by atoms with van der Waals surface area (Å²) in [6.07, 6.45) is -0.0187. The molecule has 1 aromatic carbocycles. The number of likely N-dealkylation sites (tertiary alicyclic amines) is 1. The SMILES string of the molecule is CC(C)=CCC[C@@]1(C)Oc2cc(O[C@@H]3OC[C@@H](O)[C@H](O)[C@H]3O)ccc2[C@H]2O[C@H]3CCN(C(=O)OC(C)(C)C)C[C@@H]3C[C@@H]21. The summed E-state index contributed by atoms with van der Waals surface area (Å²) in [6, 6.07) is 5.52. The summed E-state index contributed by atoms with van der Waals surface area (Å²) in [6.45, 7) is 13.0. The summed E-state index contributed by atoms with van der Waals surface area (Å²) < 4.78 is 30.7. The van der Waals surface area contributed by atoms with Gasteiger partial charge < -0.3 is 43.9 Å². The normalized spacial score (nSPS) is 36.1. The Bertz CT molecular complexity index is 1160. The van der Waals surface area contributed by atoms with E-state index in [4.69, 9.17) is 23.7 Å². The monoisotopic (exact) mass is 589 g/mol. The molecule has 3 saturated heterocycles. The number of fused-ring (bicyclic) bond motifs is 4. The smallest absolute Gasteiger partial charge is 0.410 e. The number of aliphatic hydroxyl groups is 3. The topological polar surface area (TPSA) is 127 Å². The Balaban J connectivity index is 1.38. The summed E-state index contributed by atoms with van der Waals surface area (Å²) >= 11 is 0. The van der Waals surface area contributed by atoms with E-state index in [1.54, 1.807) is 12.1 Å². The van der Waals surface area contributed by atoms with Gasteiger partial charge in [-0.1, -0.05) is 11.6 Å². The van der Waals surface area contributed by atoms with Crippen molar-refractivity contribution in [3.8, 4) is 11.5 Å². The summed E-state index contributed by atoms with van der Waals surface area (Å²) in [7, 11) is 0. The van der Waals surface area contributed by atoms with E-state index < -0.39 is 35.8 Å². The van der Waals surface area contributed by atoms with Gasteiger partial charge in [-0.3, -0.25) is 0 Å². The predicted octanol–water partition coefficient (Wildman–Crippen LogP) is 4.11. The van der Waals surface area contributed by atoms with Gasteiger partial charge in [0.2, 0.25) is 6.29 Å². The number of piperidine rings is 1. The van der Waals surface area contributed by atoms with E-state index in [9.17, 15) is 20.1 Å². The average molecular weight is 590 g/mol. The summed E-state index contributed by atoms with van der Waals surface area (Å²) in [5, 5.41) is 30.2. The van der Waals surface area contributed by atoms with Crippen molar-refractivity contribution in [2.24, 2.45) is 11.8 Å². The third-order valence-electron chi connectivity index (χ3n) is 8.88. The molecule has 0 bridgehead atoms. The summed E-state index contributed by atoms with van der Waals surface area (Å²) in [4.78, 5) is 14.7. The molecular weight excluding hydrogens is 542 g/mol. The van der Waals surface area contributed by atoms with Crippen LogP contribution in [0.15, 0.2) is 29.8 Å². The largest absolute Gasteiger partial charge is 0.487 e. The van der Waals surface area contributed by atoms with Crippen molar-refractivity contribution < 1.29 is 43.8 Å². The van der Waals surface area contributed by atoms with Crippen LogP contribution in [0.25, 0.3) is 0 Å². The van der Waals surface area contributed by atoms with E-state index in [1.807, 2.05) is 31.7 Å². The molecule has 4 heterocycles. The number of amides is 1. The molecular formula is C32H47NO9. The van der Waals surface area contributed by atoms with Gasteiger partial charge in [0.05, 0.1) is 18.8 Å². The van der Waals surface area contributed by atoms with Crippen molar-refractivity contribution in [2.45, 2.75) is 115 Å². The standard InChI is InChI=1S/C32H47NO9/c1-18(2)8-7-12-32(6)22-14-19-16-33(30(37)42-31(3,4)5)13-11-24(19)40-28(22)21-10-9-20(15-25(21)41-32)39-29-27(36)26(35)23(34)17-38-29/h8-10,15,19,22-24,26-29,34-36H,7,11-14,16-17H2,1-6H3/t19-,22-,23+,24-,26-,27+,28+,29-,32+/m0/s1. The Morgan fingerprint density at radius 1 is 1.19 bits per heavy atom. The Morgan fingerprint density at radius 2 is 1.95 bits per heavy atom.